The van der Waals surface area contributed by atoms with Gasteiger partial charge in [-0.2, -0.15) is 0 Å². The number of thiophene rings is 1. The molecule has 7 rings (SSSR count). The zero-order valence-electron chi connectivity index (χ0n) is 27.1. The molecule has 236 valence electrons. The van der Waals surface area contributed by atoms with Crippen LogP contribution in [0.2, 0.25) is 0 Å². The van der Waals surface area contributed by atoms with Gasteiger partial charge in [0, 0.05) is 66.7 Å². The molecule has 3 aliphatic rings. The lowest BCUT2D eigenvalue weighted by Crippen LogP contribution is -2.53. The molecule has 4 aromatic rings. The van der Waals surface area contributed by atoms with Crippen molar-refractivity contribution in [3.63, 3.8) is 0 Å². The van der Waals surface area contributed by atoms with Gasteiger partial charge in [0.2, 0.25) is 5.91 Å². The molecule has 1 aromatic carbocycles. The van der Waals surface area contributed by atoms with Crippen LogP contribution in [-0.2, 0) is 21.5 Å². The highest BCUT2D eigenvalue weighted by atomic mass is 32.1. The molecule has 8 heteroatoms. The Bertz CT molecular complexity index is 1690. The van der Waals surface area contributed by atoms with Crippen LogP contribution < -0.4 is 10.6 Å². The standard InChI is InChI=1S/C37H45N5O2S/c1-21-11-22(2)13-26(12-21)33-31(23(3)15-40-35(44)27-19-42(20-27)18-24-7-6-10-38-16-24)28-14-30(45-36(28)41-33)37(4,5)34(43)32-25-8-9-29(32)39-17-25/h6-7,10-14,16,23,25,27,29,32,39,41H,8-9,15,17-20H2,1-5H3,(H,40,44)/t23-,25?,29?,32?/m1/s1. The number of hydrogen-bond acceptors (Lipinski definition) is 6. The maximum Gasteiger partial charge on any atom is 0.225 e. The summed E-state index contributed by atoms with van der Waals surface area (Å²) >= 11 is 1.72. The summed E-state index contributed by atoms with van der Waals surface area (Å²) in [5.41, 5.74) is 6.57. The van der Waals surface area contributed by atoms with E-state index in [1.54, 1.807) is 17.5 Å². The summed E-state index contributed by atoms with van der Waals surface area (Å²) in [4.78, 5) is 39.7. The fourth-order valence-corrected chi connectivity index (χ4v) is 9.24. The number of pyridine rings is 1. The third-order valence-corrected chi connectivity index (χ3v) is 11.9. The van der Waals surface area contributed by atoms with Crippen LogP contribution in [0.25, 0.3) is 21.5 Å². The van der Waals surface area contributed by atoms with E-state index in [1.807, 2.05) is 12.3 Å². The van der Waals surface area contributed by atoms with E-state index in [1.165, 1.54) is 33.2 Å². The second-order valence-corrected chi connectivity index (χ2v) is 15.5. The van der Waals surface area contributed by atoms with E-state index in [-0.39, 0.29) is 23.7 Å². The average Bonchev–Trinajstić information content (AvgIpc) is 3.77. The monoisotopic (exact) mass is 623 g/mol. The number of likely N-dealkylation sites (tertiary alicyclic amines) is 1. The third kappa shape index (κ3) is 5.66. The summed E-state index contributed by atoms with van der Waals surface area (Å²) in [6.07, 6.45) is 5.95. The Morgan fingerprint density at radius 1 is 1.13 bits per heavy atom. The number of carbonyl (C=O) groups is 2. The minimum atomic E-state index is -0.553. The number of fused-ring (bicyclic) bond motifs is 3. The predicted molar refractivity (Wildman–Crippen MR) is 182 cm³/mol. The van der Waals surface area contributed by atoms with E-state index < -0.39 is 5.41 Å². The lowest BCUT2D eigenvalue weighted by Gasteiger charge is -2.38. The zero-order valence-corrected chi connectivity index (χ0v) is 27.9. The first-order valence-electron chi connectivity index (χ1n) is 16.5. The lowest BCUT2D eigenvalue weighted by molar-refractivity contribution is -0.130. The molecule has 2 aliphatic heterocycles. The molecule has 0 radical (unpaired) electrons. The highest BCUT2D eigenvalue weighted by Crippen LogP contribution is 2.46. The number of hydrogen-bond donors (Lipinski definition) is 3. The van der Waals surface area contributed by atoms with Crippen molar-refractivity contribution in [2.75, 3.05) is 26.2 Å². The minimum absolute atomic E-state index is 0.0129. The van der Waals surface area contributed by atoms with Crippen molar-refractivity contribution in [1.29, 1.82) is 0 Å². The first kappa shape index (κ1) is 30.3. The summed E-state index contributed by atoms with van der Waals surface area (Å²) in [7, 11) is 0. The van der Waals surface area contributed by atoms with Gasteiger partial charge in [-0.05, 0) is 94.0 Å². The van der Waals surface area contributed by atoms with Crippen LogP contribution in [0.1, 0.15) is 66.7 Å². The Kier molecular flexibility index (Phi) is 7.95. The maximum absolute atomic E-state index is 14.0. The number of aromatic nitrogens is 2. The van der Waals surface area contributed by atoms with Crippen LogP contribution >= 0.6 is 11.3 Å². The highest BCUT2D eigenvalue weighted by molar-refractivity contribution is 7.19. The average molecular weight is 624 g/mol. The Balaban J connectivity index is 1.12. The molecule has 0 spiro atoms. The fraction of sp³-hybridized carbons (Fsp3) is 0.486. The molecule has 3 unspecified atom stereocenters. The summed E-state index contributed by atoms with van der Waals surface area (Å²) in [6, 6.07) is 13.3. The Labute approximate surface area is 270 Å². The number of nitrogens with zero attached hydrogens (tertiary/aromatic N) is 2. The van der Waals surface area contributed by atoms with Crippen molar-refractivity contribution in [2.45, 2.75) is 71.4 Å². The number of Topliss-reactive ketones (excluding diaryl/α,β-unsaturated/α-hetero) is 1. The topological polar surface area (TPSA) is 90.1 Å². The van der Waals surface area contributed by atoms with Crippen molar-refractivity contribution < 1.29 is 9.59 Å². The molecule has 2 bridgehead atoms. The Morgan fingerprint density at radius 3 is 2.56 bits per heavy atom. The molecule has 1 aliphatic carbocycles. The first-order chi connectivity index (χ1) is 21.6. The van der Waals surface area contributed by atoms with Crippen LogP contribution in [0.5, 0.6) is 0 Å². The Hall–Kier alpha value is -3.33. The summed E-state index contributed by atoms with van der Waals surface area (Å²) in [6.45, 7) is 14.6. The van der Waals surface area contributed by atoms with Gasteiger partial charge in [-0.1, -0.05) is 30.2 Å². The van der Waals surface area contributed by atoms with Crippen molar-refractivity contribution in [2.24, 2.45) is 17.8 Å². The molecule has 1 amide bonds. The number of carbonyl (C=O) groups excluding carboxylic acids is 2. The van der Waals surface area contributed by atoms with Crippen LogP contribution in [0.3, 0.4) is 0 Å². The molecule has 5 heterocycles. The van der Waals surface area contributed by atoms with Crippen LogP contribution in [-0.4, -0.2) is 58.8 Å². The van der Waals surface area contributed by atoms with Gasteiger partial charge in [-0.25, -0.2) is 0 Å². The molecule has 7 nitrogen and oxygen atoms in total. The fourth-order valence-electron chi connectivity index (χ4n) is 8.06. The smallest absolute Gasteiger partial charge is 0.225 e. The number of aryl methyl sites for hydroxylation is 2. The van der Waals surface area contributed by atoms with Gasteiger partial charge in [-0.15, -0.1) is 11.3 Å². The minimum Gasteiger partial charge on any atom is -0.355 e. The van der Waals surface area contributed by atoms with Crippen molar-refractivity contribution in [3.05, 3.63) is 75.9 Å². The van der Waals surface area contributed by atoms with Crippen molar-refractivity contribution in [1.82, 2.24) is 25.5 Å². The number of rotatable bonds is 10. The van der Waals surface area contributed by atoms with E-state index in [2.05, 4.69) is 90.5 Å². The second kappa shape index (κ2) is 11.8. The zero-order chi connectivity index (χ0) is 31.5. The van der Waals surface area contributed by atoms with E-state index in [4.69, 9.17) is 0 Å². The quantitative estimate of drug-likeness (QED) is 0.199. The van der Waals surface area contributed by atoms with Crippen LogP contribution in [0.15, 0.2) is 48.8 Å². The summed E-state index contributed by atoms with van der Waals surface area (Å²) in [5.74, 6) is 1.19. The molecule has 3 fully saturated rings. The van der Waals surface area contributed by atoms with E-state index >= 15 is 0 Å². The normalized spacial score (nSPS) is 22.6. The Morgan fingerprint density at radius 2 is 1.91 bits per heavy atom. The molecule has 4 atom stereocenters. The highest BCUT2D eigenvalue weighted by Gasteiger charge is 2.50. The maximum atomic E-state index is 14.0. The van der Waals surface area contributed by atoms with E-state index in [9.17, 15) is 9.59 Å². The third-order valence-electron chi connectivity index (χ3n) is 10.5. The molecule has 45 heavy (non-hydrogen) atoms. The van der Waals surface area contributed by atoms with Crippen LogP contribution in [0, 0.1) is 31.6 Å². The number of aromatic amines is 1. The van der Waals surface area contributed by atoms with Crippen molar-refractivity contribution in [3.8, 4) is 11.3 Å². The first-order valence-corrected chi connectivity index (χ1v) is 17.3. The van der Waals surface area contributed by atoms with Gasteiger partial charge in [0.05, 0.1) is 17.0 Å². The van der Waals surface area contributed by atoms with E-state index in [0.717, 1.165) is 54.4 Å². The number of benzene rings is 1. The van der Waals surface area contributed by atoms with Gasteiger partial charge in [0.1, 0.15) is 10.6 Å². The number of H-pyrrole nitrogens is 1. The number of piperidine rings is 1. The van der Waals surface area contributed by atoms with E-state index in [0.29, 0.717) is 24.3 Å². The summed E-state index contributed by atoms with van der Waals surface area (Å²) < 4.78 is 0. The van der Waals surface area contributed by atoms with Crippen LogP contribution in [0.4, 0.5) is 0 Å². The predicted octanol–water partition coefficient (Wildman–Crippen LogP) is 6.10. The van der Waals surface area contributed by atoms with Crippen molar-refractivity contribution >= 4 is 33.2 Å². The molecule has 1 saturated carbocycles. The molecule has 3 N–H and O–H groups in total. The lowest BCUT2D eigenvalue weighted by atomic mass is 9.76. The molecular weight excluding hydrogens is 579 g/mol. The SMILES string of the molecule is Cc1cc(C)cc(-c2[nH]c3sc(C(C)(C)C(=O)C4C5CCC4NC5)cc3c2[C@H](C)CNC(=O)C2CN(Cc3cccnc3)C2)c1. The van der Waals surface area contributed by atoms with Gasteiger partial charge >= 0.3 is 0 Å². The number of amides is 1. The number of nitrogens with one attached hydrogen (secondary N) is 3. The van der Waals surface area contributed by atoms with Gasteiger partial charge in [0.25, 0.3) is 0 Å². The van der Waals surface area contributed by atoms with Gasteiger partial charge < -0.3 is 15.6 Å². The van der Waals surface area contributed by atoms with Gasteiger partial charge in [0.15, 0.2) is 0 Å². The summed E-state index contributed by atoms with van der Waals surface area (Å²) in [5, 5.41) is 8.03. The molecule has 2 saturated heterocycles. The molecule has 3 aromatic heterocycles. The van der Waals surface area contributed by atoms with Gasteiger partial charge in [-0.3, -0.25) is 19.5 Å². The molecular formula is C37H45N5O2S. The number of ketones is 1. The second-order valence-electron chi connectivity index (χ2n) is 14.4. The largest absolute Gasteiger partial charge is 0.355 e.